The molecule has 0 aromatic heterocycles. The molecule has 0 amide bonds. The van der Waals surface area contributed by atoms with Gasteiger partial charge in [0.2, 0.25) is 0 Å². The molecule has 0 N–H and O–H groups in total. The number of hydrogen-bond acceptors (Lipinski definition) is 6. The van der Waals surface area contributed by atoms with Crippen molar-refractivity contribution in [3.05, 3.63) is 89.5 Å². The number of ether oxygens (including phenoxy) is 4. The fourth-order valence-corrected chi connectivity index (χ4v) is 2.71. The molecule has 0 unspecified atom stereocenters. The highest BCUT2D eigenvalue weighted by Crippen LogP contribution is 2.20. The van der Waals surface area contributed by atoms with Crippen LogP contribution in [0.25, 0.3) is 0 Å². The van der Waals surface area contributed by atoms with Crippen molar-refractivity contribution in [1.82, 2.24) is 0 Å². The predicted molar refractivity (Wildman–Crippen MR) is 116 cm³/mol. The molecule has 0 bridgehead atoms. The first-order valence-corrected chi connectivity index (χ1v) is 9.87. The van der Waals surface area contributed by atoms with E-state index in [1.54, 1.807) is 18.2 Å². The zero-order valence-corrected chi connectivity index (χ0v) is 17.5. The Morgan fingerprint density at radius 1 is 0.742 bits per heavy atom. The Kier molecular flexibility index (Phi) is 7.65. The summed E-state index contributed by atoms with van der Waals surface area (Å²) >= 11 is 0. The van der Waals surface area contributed by atoms with Crippen molar-refractivity contribution in [3.63, 3.8) is 0 Å². The quantitative estimate of drug-likeness (QED) is 0.288. The zero-order chi connectivity index (χ0) is 22.1. The summed E-state index contributed by atoms with van der Waals surface area (Å²) in [4.78, 5) is 24.6. The van der Waals surface area contributed by atoms with E-state index in [0.717, 1.165) is 11.1 Å². The molecule has 3 aromatic rings. The van der Waals surface area contributed by atoms with Crippen molar-refractivity contribution in [3.8, 4) is 17.2 Å². The average Bonchev–Trinajstić information content (AvgIpc) is 2.78. The number of rotatable bonds is 9. The van der Waals surface area contributed by atoms with Gasteiger partial charge in [-0.25, -0.2) is 9.59 Å². The maximum absolute atomic E-state index is 12.4. The molecule has 0 spiro atoms. The first kappa shape index (κ1) is 21.9. The smallest absolute Gasteiger partial charge is 0.349 e. The Balaban J connectivity index is 1.50. The lowest BCUT2D eigenvalue weighted by Gasteiger charge is -2.11. The fraction of sp³-hybridized carbons (Fsp3) is 0.200. The van der Waals surface area contributed by atoms with E-state index in [9.17, 15) is 9.59 Å². The van der Waals surface area contributed by atoms with Crippen molar-refractivity contribution in [2.24, 2.45) is 0 Å². The molecular weight excluding hydrogens is 396 g/mol. The summed E-state index contributed by atoms with van der Waals surface area (Å²) in [6.45, 7) is 3.95. The molecule has 0 radical (unpaired) electrons. The third-order valence-corrected chi connectivity index (χ3v) is 4.49. The van der Waals surface area contributed by atoms with Gasteiger partial charge in [0.1, 0.15) is 36.0 Å². The standard InChI is InChI=1S/C25H24O6/c1-18-12-13-21(16-19(18)2)30-17-24(26)31-23-11-7-6-10-22(23)25(27)29-15-14-28-20-8-4-3-5-9-20/h3-13,16H,14-15,17H2,1-2H3. The van der Waals surface area contributed by atoms with Crippen LogP contribution in [0, 0.1) is 13.8 Å². The van der Waals surface area contributed by atoms with E-state index in [2.05, 4.69) is 0 Å². The van der Waals surface area contributed by atoms with Gasteiger partial charge in [0.15, 0.2) is 6.61 Å². The molecule has 0 aliphatic carbocycles. The third-order valence-electron chi connectivity index (χ3n) is 4.49. The van der Waals surface area contributed by atoms with Crippen LogP contribution in [0.3, 0.4) is 0 Å². The number of carbonyl (C=O) groups excluding carboxylic acids is 2. The molecule has 0 aliphatic heterocycles. The summed E-state index contributed by atoms with van der Waals surface area (Å²) in [6.07, 6.45) is 0. The Morgan fingerprint density at radius 3 is 2.26 bits per heavy atom. The second-order valence-electron chi connectivity index (χ2n) is 6.80. The molecule has 160 valence electrons. The lowest BCUT2D eigenvalue weighted by atomic mass is 10.1. The summed E-state index contributed by atoms with van der Waals surface area (Å²) < 4.78 is 21.5. The second-order valence-corrected chi connectivity index (χ2v) is 6.80. The lowest BCUT2D eigenvalue weighted by Crippen LogP contribution is -2.20. The van der Waals surface area contributed by atoms with Crippen LogP contribution in [-0.2, 0) is 9.53 Å². The first-order valence-electron chi connectivity index (χ1n) is 9.87. The van der Waals surface area contributed by atoms with E-state index in [-0.39, 0.29) is 31.1 Å². The topological polar surface area (TPSA) is 71.1 Å². The van der Waals surface area contributed by atoms with Gasteiger partial charge < -0.3 is 18.9 Å². The van der Waals surface area contributed by atoms with Crippen LogP contribution in [0.4, 0.5) is 0 Å². The highest BCUT2D eigenvalue weighted by molar-refractivity contribution is 5.93. The average molecular weight is 420 g/mol. The van der Waals surface area contributed by atoms with Crippen LogP contribution in [0.1, 0.15) is 21.5 Å². The minimum Gasteiger partial charge on any atom is -0.490 e. The highest BCUT2D eigenvalue weighted by Gasteiger charge is 2.17. The molecule has 3 rings (SSSR count). The lowest BCUT2D eigenvalue weighted by molar-refractivity contribution is -0.136. The predicted octanol–water partition coefficient (Wildman–Crippen LogP) is 4.52. The Morgan fingerprint density at radius 2 is 1.48 bits per heavy atom. The number of carbonyl (C=O) groups is 2. The van der Waals surface area contributed by atoms with Crippen LogP contribution >= 0.6 is 0 Å². The number of para-hydroxylation sites is 2. The van der Waals surface area contributed by atoms with Crippen LogP contribution in [0.2, 0.25) is 0 Å². The molecular formula is C25H24O6. The molecule has 0 saturated carbocycles. The molecule has 0 aliphatic rings. The summed E-state index contributed by atoms with van der Waals surface area (Å²) in [6, 6.07) is 21.2. The van der Waals surface area contributed by atoms with Crippen molar-refractivity contribution >= 4 is 11.9 Å². The second kappa shape index (κ2) is 10.8. The Hall–Kier alpha value is -3.80. The molecule has 0 fully saturated rings. The van der Waals surface area contributed by atoms with Crippen molar-refractivity contribution < 1.29 is 28.5 Å². The van der Waals surface area contributed by atoms with Gasteiger partial charge in [-0.15, -0.1) is 0 Å². The summed E-state index contributed by atoms with van der Waals surface area (Å²) in [7, 11) is 0. The molecule has 6 heteroatoms. The minimum atomic E-state index is -0.620. The maximum Gasteiger partial charge on any atom is 0.349 e. The van der Waals surface area contributed by atoms with E-state index in [1.165, 1.54) is 12.1 Å². The Bertz CT molecular complexity index is 1030. The monoisotopic (exact) mass is 420 g/mol. The summed E-state index contributed by atoms with van der Waals surface area (Å²) in [5.41, 5.74) is 2.36. The third kappa shape index (κ3) is 6.60. The van der Waals surface area contributed by atoms with E-state index >= 15 is 0 Å². The zero-order valence-electron chi connectivity index (χ0n) is 17.5. The van der Waals surface area contributed by atoms with Gasteiger partial charge >= 0.3 is 11.9 Å². The maximum atomic E-state index is 12.4. The summed E-state index contributed by atoms with van der Waals surface area (Å²) in [5.74, 6) is 0.161. The van der Waals surface area contributed by atoms with Crippen LogP contribution in [-0.4, -0.2) is 31.8 Å². The highest BCUT2D eigenvalue weighted by atomic mass is 16.6. The largest absolute Gasteiger partial charge is 0.490 e. The molecule has 31 heavy (non-hydrogen) atoms. The Labute approximate surface area is 181 Å². The number of hydrogen-bond donors (Lipinski definition) is 0. The van der Waals surface area contributed by atoms with Gasteiger partial charge in [-0.1, -0.05) is 36.4 Å². The van der Waals surface area contributed by atoms with Crippen molar-refractivity contribution in [2.75, 3.05) is 19.8 Å². The SMILES string of the molecule is Cc1ccc(OCC(=O)Oc2ccccc2C(=O)OCCOc2ccccc2)cc1C. The van der Waals surface area contributed by atoms with Gasteiger partial charge in [0.05, 0.1) is 0 Å². The van der Waals surface area contributed by atoms with Crippen LogP contribution in [0.15, 0.2) is 72.8 Å². The molecule has 0 heterocycles. The van der Waals surface area contributed by atoms with Crippen LogP contribution < -0.4 is 14.2 Å². The molecule has 0 saturated heterocycles. The van der Waals surface area contributed by atoms with E-state index in [4.69, 9.17) is 18.9 Å². The van der Waals surface area contributed by atoms with E-state index < -0.39 is 11.9 Å². The number of aryl methyl sites for hydroxylation is 2. The molecule has 6 nitrogen and oxygen atoms in total. The van der Waals surface area contributed by atoms with Crippen molar-refractivity contribution in [1.29, 1.82) is 0 Å². The van der Waals surface area contributed by atoms with E-state index in [0.29, 0.717) is 11.5 Å². The first-order chi connectivity index (χ1) is 15.0. The number of esters is 2. The molecule has 0 atom stereocenters. The molecule has 3 aromatic carbocycles. The van der Waals surface area contributed by atoms with Gasteiger partial charge in [-0.2, -0.15) is 0 Å². The summed E-state index contributed by atoms with van der Waals surface area (Å²) in [5, 5.41) is 0. The number of benzene rings is 3. The minimum absolute atomic E-state index is 0.0614. The van der Waals surface area contributed by atoms with Gasteiger partial charge in [-0.05, 0) is 61.4 Å². The van der Waals surface area contributed by atoms with Crippen LogP contribution in [0.5, 0.6) is 17.2 Å². The van der Waals surface area contributed by atoms with Gasteiger partial charge in [0.25, 0.3) is 0 Å². The van der Waals surface area contributed by atoms with E-state index in [1.807, 2.05) is 56.3 Å². The fourth-order valence-electron chi connectivity index (χ4n) is 2.71. The van der Waals surface area contributed by atoms with Gasteiger partial charge in [-0.3, -0.25) is 0 Å². The van der Waals surface area contributed by atoms with Gasteiger partial charge in [0, 0.05) is 0 Å². The van der Waals surface area contributed by atoms with Crippen molar-refractivity contribution in [2.45, 2.75) is 13.8 Å². The normalized spacial score (nSPS) is 10.3.